The van der Waals surface area contributed by atoms with Crippen LogP contribution < -0.4 is 9.47 Å². The molecule has 0 spiro atoms. The summed E-state index contributed by atoms with van der Waals surface area (Å²) in [7, 11) is 0. The molecule has 2 N–H and O–H groups in total. The van der Waals surface area contributed by atoms with Crippen LogP contribution in [0.4, 0.5) is 0 Å². The molecular formula is C22H20N2O4. The summed E-state index contributed by atoms with van der Waals surface area (Å²) < 4.78 is 11.6. The van der Waals surface area contributed by atoms with Gasteiger partial charge in [-0.05, 0) is 35.4 Å². The maximum Gasteiger partial charge on any atom is 0.128 e. The third-order valence-electron chi connectivity index (χ3n) is 4.04. The van der Waals surface area contributed by atoms with Gasteiger partial charge >= 0.3 is 0 Å². The minimum Gasteiger partial charge on any atom is -0.488 e. The first-order valence-corrected chi connectivity index (χ1v) is 8.66. The van der Waals surface area contributed by atoms with Crippen molar-refractivity contribution in [3.63, 3.8) is 0 Å². The van der Waals surface area contributed by atoms with Crippen molar-refractivity contribution in [3.05, 3.63) is 95.1 Å². The topological polar surface area (TPSA) is 83.6 Å². The van der Waals surface area contributed by atoms with Crippen LogP contribution in [-0.2, 0) is 13.2 Å². The Bertz CT molecular complexity index is 874. The van der Waals surface area contributed by atoms with Gasteiger partial charge < -0.3 is 19.9 Å². The van der Waals surface area contributed by atoms with Gasteiger partial charge in [0.05, 0.1) is 12.4 Å². The molecule has 0 radical (unpaired) electrons. The van der Waals surface area contributed by atoms with Crippen molar-refractivity contribution in [2.75, 3.05) is 0 Å². The number of hydrogen-bond donors (Lipinski definition) is 2. The van der Waals surface area contributed by atoms with Crippen LogP contribution in [0.5, 0.6) is 11.5 Å². The fourth-order valence-electron chi connectivity index (χ4n) is 2.62. The number of para-hydroxylation sites is 2. The summed E-state index contributed by atoms with van der Waals surface area (Å²) in [6.07, 6.45) is 2.68. The Hall–Kier alpha value is -3.80. The lowest BCUT2D eigenvalue weighted by Crippen LogP contribution is -2.00. The van der Waals surface area contributed by atoms with Gasteiger partial charge in [0.15, 0.2) is 0 Å². The molecule has 3 aromatic rings. The highest BCUT2D eigenvalue weighted by atomic mass is 16.5. The van der Waals surface area contributed by atoms with Gasteiger partial charge in [-0.25, -0.2) is 0 Å². The molecule has 3 aromatic carbocycles. The summed E-state index contributed by atoms with van der Waals surface area (Å²) in [5.41, 5.74) is 3.43. The highest BCUT2D eigenvalue weighted by Gasteiger charge is 2.04. The number of hydrogen-bond acceptors (Lipinski definition) is 6. The number of ether oxygens (including phenoxy) is 2. The highest BCUT2D eigenvalue weighted by molar-refractivity contribution is 5.83. The number of oxime groups is 2. The van der Waals surface area contributed by atoms with Crippen LogP contribution in [-0.4, -0.2) is 22.8 Å². The molecular weight excluding hydrogens is 356 g/mol. The fraction of sp³-hybridized carbons (Fsp3) is 0.0909. The average molecular weight is 376 g/mol. The van der Waals surface area contributed by atoms with Gasteiger partial charge in [0, 0.05) is 11.1 Å². The summed E-state index contributed by atoms with van der Waals surface area (Å²) in [6, 6.07) is 22.6. The molecule has 6 heteroatoms. The zero-order valence-electron chi connectivity index (χ0n) is 15.1. The molecule has 3 rings (SSSR count). The van der Waals surface area contributed by atoms with Gasteiger partial charge in [0.1, 0.15) is 24.7 Å². The molecule has 142 valence electrons. The number of rotatable bonds is 8. The van der Waals surface area contributed by atoms with E-state index in [0.717, 1.165) is 11.1 Å². The quantitative estimate of drug-likeness (QED) is 0.345. The van der Waals surface area contributed by atoms with Crippen molar-refractivity contribution >= 4 is 12.4 Å². The van der Waals surface area contributed by atoms with Crippen LogP contribution >= 0.6 is 0 Å². The minimum absolute atomic E-state index is 0.396. The van der Waals surface area contributed by atoms with Gasteiger partial charge in [-0.1, -0.05) is 58.8 Å². The van der Waals surface area contributed by atoms with Gasteiger partial charge in [0.2, 0.25) is 0 Å². The summed E-state index contributed by atoms with van der Waals surface area (Å²) in [5, 5.41) is 23.6. The molecule has 0 atom stereocenters. The maximum absolute atomic E-state index is 8.72. The van der Waals surface area contributed by atoms with Crippen LogP contribution in [0.25, 0.3) is 0 Å². The van der Waals surface area contributed by atoms with E-state index in [1.807, 2.05) is 72.8 Å². The van der Waals surface area contributed by atoms with Gasteiger partial charge in [0.25, 0.3) is 0 Å². The van der Waals surface area contributed by atoms with E-state index in [0.29, 0.717) is 35.8 Å². The maximum atomic E-state index is 8.72. The summed E-state index contributed by atoms with van der Waals surface area (Å²) in [5.74, 6) is 1.30. The predicted molar refractivity (Wildman–Crippen MR) is 107 cm³/mol. The molecule has 28 heavy (non-hydrogen) atoms. The summed E-state index contributed by atoms with van der Waals surface area (Å²) in [4.78, 5) is 0. The van der Waals surface area contributed by atoms with E-state index < -0.39 is 0 Å². The molecule has 0 aliphatic rings. The third kappa shape index (κ3) is 5.11. The smallest absolute Gasteiger partial charge is 0.128 e. The molecule has 0 aliphatic carbocycles. The molecule has 0 aliphatic heterocycles. The standard InChI is InChI=1S/C22H20N2O4/c25-23-13-19-5-1-3-7-21(19)27-15-17-9-11-18(12-10-17)16-28-22-8-4-2-6-20(22)14-24-26/h1-14,25-26H,15-16H2. The second-order valence-electron chi connectivity index (χ2n) is 5.96. The highest BCUT2D eigenvalue weighted by Crippen LogP contribution is 2.19. The predicted octanol–water partition coefficient (Wildman–Crippen LogP) is 4.46. The number of benzene rings is 3. The van der Waals surface area contributed by atoms with Crippen molar-refractivity contribution in [1.82, 2.24) is 0 Å². The first kappa shape index (κ1) is 19.0. The zero-order chi connectivity index (χ0) is 19.6. The van der Waals surface area contributed by atoms with Gasteiger partial charge in [-0.3, -0.25) is 0 Å². The Balaban J connectivity index is 1.59. The molecule has 0 heterocycles. The van der Waals surface area contributed by atoms with E-state index >= 15 is 0 Å². The lowest BCUT2D eigenvalue weighted by atomic mass is 10.1. The first-order chi connectivity index (χ1) is 13.8. The average Bonchev–Trinajstić information content (AvgIpc) is 2.74. The van der Waals surface area contributed by atoms with Crippen molar-refractivity contribution in [3.8, 4) is 11.5 Å². The zero-order valence-corrected chi connectivity index (χ0v) is 15.1. The second-order valence-corrected chi connectivity index (χ2v) is 5.96. The van der Waals surface area contributed by atoms with Crippen LogP contribution in [0.1, 0.15) is 22.3 Å². The number of nitrogens with zero attached hydrogens (tertiary/aromatic N) is 2. The van der Waals surface area contributed by atoms with Crippen LogP contribution in [0.15, 0.2) is 83.1 Å². The minimum atomic E-state index is 0.396. The molecule has 0 amide bonds. The Kier molecular flexibility index (Phi) is 6.62. The van der Waals surface area contributed by atoms with E-state index in [9.17, 15) is 0 Å². The molecule has 0 bridgehead atoms. The van der Waals surface area contributed by atoms with E-state index in [1.165, 1.54) is 12.4 Å². The molecule has 0 aromatic heterocycles. The van der Waals surface area contributed by atoms with Gasteiger partial charge in [-0.15, -0.1) is 0 Å². The van der Waals surface area contributed by atoms with Crippen LogP contribution in [0, 0.1) is 0 Å². The lowest BCUT2D eigenvalue weighted by Gasteiger charge is -2.11. The molecule has 6 nitrogen and oxygen atoms in total. The first-order valence-electron chi connectivity index (χ1n) is 8.66. The second kappa shape index (κ2) is 9.78. The van der Waals surface area contributed by atoms with Crippen molar-refractivity contribution < 1.29 is 19.9 Å². The lowest BCUT2D eigenvalue weighted by molar-refractivity contribution is 0.301. The van der Waals surface area contributed by atoms with E-state index in [-0.39, 0.29) is 0 Å². The van der Waals surface area contributed by atoms with Crippen molar-refractivity contribution in [1.29, 1.82) is 0 Å². The molecule has 0 fully saturated rings. The molecule has 0 saturated carbocycles. The normalized spacial score (nSPS) is 11.1. The van der Waals surface area contributed by atoms with Crippen LogP contribution in [0.3, 0.4) is 0 Å². The van der Waals surface area contributed by atoms with Crippen molar-refractivity contribution in [2.24, 2.45) is 10.3 Å². The summed E-state index contributed by atoms with van der Waals surface area (Å²) >= 11 is 0. The SMILES string of the molecule is ON=Cc1ccccc1OCc1ccc(COc2ccccc2C=NO)cc1. The monoisotopic (exact) mass is 376 g/mol. The Morgan fingerprint density at radius 3 is 1.39 bits per heavy atom. The van der Waals surface area contributed by atoms with E-state index in [1.54, 1.807) is 0 Å². The van der Waals surface area contributed by atoms with Crippen LogP contribution in [0.2, 0.25) is 0 Å². The molecule has 0 saturated heterocycles. The third-order valence-corrected chi connectivity index (χ3v) is 4.04. The van der Waals surface area contributed by atoms with E-state index in [4.69, 9.17) is 19.9 Å². The van der Waals surface area contributed by atoms with E-state index in [2.05, 4.69) is 10.3 Å². The Labute approximate surface area is 163 Å². The Morgan fingerprint density at radius 1 is 0.607 bits per heavy atom. The van der Waals surface area contributed by atoms with Crippen molar-refractivity contribution in [2.45, 2.75) is 13.2 Å². The largest absolute Gasteiger partial charge is 0.488 e. The fourth-order valence-corrected chi connectivity index (χ4v) is 2.62. The van der Waals surface area contributed by atoms with Gasteiger partial charge in [-0.2, -0.15) is 0 Å². The summed E-state index contributed by atoms with van der Waals surface area (Å²) in [6.45, 7) is 0.792. The Morgan fingerprint density at radius 2 is 1.00 bits per heavy atom. The molecule has 0 unspecified atom stereocenters.